The third-order valence-electron chi connectivity index (χ3n) is 3.54. The summed E-state index contributed by atoms with van der Waals surface area (Å²) in [5.41, 5.74) is 0.554. The minimum absolute atomic E-state index is 0.0563. The number of halogens is 3. The Kier molecular flexibility index (Phi) is 5.08. The lowest BCUT2D eigenvalue weighted by atomic mass is 10.1. The number of anilines is 1. The Balaban J connectivity index is 2.04. The van der Waals surface area contributed by atoms with Crippen LogP contribution in [0.5, 0.6) is 5.75 Å². The minimum Gasteiger partial charge on any atom is -0.505 e. The van der Waals surface area contributed by atoms with Crippen molar-refractivity contribution >= 4 is 68.4 Å². The molecule has 1 aliphatic rings. The van der Waals surface area contributed by atoms with Gasteiger partial charge in [0.15, 0.2) is 5.11 Å². The molecule has 2 aromatic carbocycles. The predicted molar refractivity (Wildman–Crippen MR) is 103 cm³/mol. The second-order valence-electron chi connectivity index (χ2n) is 5.27. The molecule has 0 bridgehead atoms. The fourth-order valence-electron chi connectivity index (χ4n) is 2.32. The Labute approximate surface area is 166 Å². The number of rotatable bonds is 2. The monoisotopic (exact) mass is 454 g/mol. The van der Waals surface area contributed by atoms with Gasteiger partial charge in [-0.25, -0.2) is 4.39 Å². The van der Waals surface area contributed by atoms with Gasteiger partial charge in [-0.15, -0.1) is 0 Å². The van der Waals surface area contributed by atoms with E-state index in [4.69, 9.17) is 23.8 Å². The molecule has 0 unspecified atom stereocenters. The molecular formula is C17H9BrClFN2O3S. The second-order valence-corrected chi connectivity index (χ2v) is 6.92. The summed E-state index contributed by atoms with van der Waals surface area (Å²) in [6, 6.07) is 8.03. The molecule has 0 spiro atoms. The topological polar surface area (TPSA) is 69.6 Å². The fraction of sp³-hybridized carbons (Fsp3) is 0. The van der Waals surface area contributed by atoms with E-state index in [-0.39, 0.29) is 21.5 Å². The molecule has 2 N–H and O–H groups in total. The van der Waals surface area contributed by atoms with Crippen LogP contribution in [0.3, 0.4) is 0 Å². The summed E-state index contributed by atoms with van der Waals surface area (Å²) in [7, 11) is 0. The summed E-state index contributed by atoms with van der Waals surface area (Å²) in [6.07, 6.45) is 1.33. The summed E-state index contributed by atoms with van der Waals surface area (Å²) in [5.74, 6) is -1.95. The maximum Gasteiger partial charge on any atom is 0.270 e. The third kappa shape index (κ3) is 3.48. The Morgan fingerprint density at radius 2 is 1.88 bits per heavy atom. The van der Waals surface area contributed by atoms with Crippen molar-refractivity contribution in [1.82, 2.24) is 5.32 Å². The van der Waals surface area contributed by atoms with Gasteiger partial charge >= 0.3 is 0 Å². The van der Waals surface area contributed by atoms with E-state index in [0.29, 0.717) is 15.7 Å². The van der Waals surface area contributed by atoms with Crippen molar-refractivity contribution in [2.75, 3.05) is 4.90 Å². The highest BCUT2D eigenvalue weighted by Crippen LogP contribution is 2.34. The first-order chi connectivity index (χ1) is 12.3. The lowest BCUT2D eigenvalue weighted by Gasteiger charge is -2.28. The maximum atomic E-state index is 13.1. The first kappa shape index (κ1) is 18.5. The normalized spacial score (nSPS) is 16.2. The van der Waals surface area contributed by atoms with E-state index >= 15 is 0 Å². The molecule has 5 nitrogen and oxygen atoms in total. The minimum atomic E-state index is -0.668. The molecule has 1 saturated heterocycles. The number of hydrogen-bond acceptors (Lipinski definition) is 4. The predicted octanol–water partition coefficient (Wildman–Crippen LogP) is 3.78. The molecule has 1 aliphatic heterocycles. The van der Waals surface area contributed by atoms with E-state index in [1.54, 1.807) is 0 Å². The molecule has 3 rings (SSSR count). The second kappa shape index (κ2) is 7.14. The molecule has 0 saturated carbocycles. The quantitative estimate of drug-likeness (QED) is 0.411. The number of benzene rings is 2. The van der Waals surface area contributed by atoms with Crippen LogP contribution in [0, 0.1) is 5.82 Å². The molecule has 9 heteroatoms. The average molecular weight is 456 g/mol. The van der Waals surface area contributed by atoms with Gasteiger partial charge in [0.05, 0.1) is 15.2 Å². The first-order valence-corrected chi connectivity index (χ1v) is 8.71. The van der Waals surface area contributed by atoms with Crippen LogP contribution in [0.15, 0.2) is 46.4 Å². The molecule has 26 heavy (non-hydrogen) atoms. The molecule has 0 aromatic heterocycles. The van der Waals surface area contributed by atoms with Crippen LogP contribution < -0.4 is 10.2 Å². The smallest absolute Gasteiger partial charge is 0.270 e. The van der Waals surface area contributed by atoms with E-state index < -0.39 is 17.6 Å². The highest BCUT2D eigenvalue weighted by molar-refractivity contribution is 9.10. The Morgan fingerprint density at radius 3 is 2.50 bits per heavy atom. The van der Waals surface area contributed by atoms with E-state index in [2.05, 4.69) is 21.2 Å². The van der Waals surface area contributed by atoms with Gasteiger partial charge in [0, 0.05) is 0 Å². The number of aromatic hydroxyl groups is 1. The van der Waals surface area contributed by atoms with E-state index in [1.165, 1.54) is 42.5 Å². The number of phenols is 1. The zero-order valence-corrected chi connectivity index (χ0v) is 16.0. The number of carbonyl (C=O) groups is 2. The molecule has 0 aliphatic carbocycles. The molecule has 132 valence electrons. The maximum absolute atomic E-state index is 13.1. The molecule has 0 radical (unpaired) electrons. The summed E-state index contributed by atoms with van der Waals surface area (Å²) in [5, 5.41) is 12.1. The van der Waals surface area contributed by atoms with Crippen molar-refractivity contribution in [3.63, 3.8) is 0 Å². The third-order valence-corrected chi connectivity index (χ3v) is 4.71. The number of thiocarbonyl (C=S) groups is 1. The van der Waals surface area contributed by atoms with Gasteiger partial charge in [0.1, 0.15) is 17.1 Å². The van der Waals surface area contributed by atoms with Gasteiger partial charge < -0.3 is 5.11 Å². The van der Waals surface area contributed by atoms with Gasteiger partial charge in [-0.2, -0.15) is 0 Å². The number of amides is 2. The van der Waals surface area contributed by atoms with Crippen molar-refractivity contribution in [2.24, 2.45) is 0 Å². The highest BCUT2D eigenvalue weighted by Gasteiger charge is 2.34. The molecule has 1 heterocycles. The van der Waals surface area contributed by atoms with Gasteiger partial charge in [0.25, 0.3) is 11.8 Å². The van der Waals surface area contributed by atoms with E-state index in [1.807, 2.05) is 0 Å². The van der Waals surface area contributed by atoms with Crippen molar-refractivity contribution < 1.29 is 19.1 Å². The fourth-order valence-corrected chi connectivity index (χ4v) is 3.42. The van der Waals surface area contributed by atoms with Crippen molar-refractivity contribution in [1.29, 1.82) is 0 Å². The molecule has 0 atom stereocenters. The zero-order chi connectivity index (χ0) is 19.0. The summed E-state index contributed by atoms with van der Waals surface area (Å²) >= 11 is 14.1. The van der Waals surface area contributed by atoms with Crippen molar-refractivity contribution in [3.8, 4) is 5.75 Å². The van der Waals surface area contributed by atoms with Gasteiger partial charge in [-0.05, 0) is 76.2 Å². The van der Waals surface area contributed by atoms with Crippen molar-refractivity contribution in [3.05, 3.63) is 62.8 Å². The standard InChI is InChI=1S/C17H9BrClFN2O3S/c18-12-6-8(7-13(19)14(12)23)5-11-15(24)21-17(26)22(16(11)25)10-3-1-9(20)2-4-10/h1-7,23H,(H,21,24,26). The Bertz CT molecular complexity index is 955. The highest BCUT2D eigenvalue weighted by atomic mass is 79.9. The molecule has 2 amide bonds. The van der Waals surface area contributed by atoms with Crippen LogP contribution in [0.4, 0.5) is 10.1 Å². The number of nitrogens with zero attached hydrogens (tertiary/aromatic N) is 1. The van der Waals surface area contributed by atoms with Crippen LogP contribution >= 0.6 is 39.7 Å². The van der Waals surface area contributed by atoms with Crippen LogP contribution in [0.2, 0.25) is 5.02 Å². The summed E-state index contributed by atoms with van der Waals surface area (Å²) in [4.78, 5) is 26.1. The SMILES string of the molecule is O=C1NC(=S)N(c2ccc(F)cc2)C(=O)C1=Cc1cc(Cl)c(O)c(Br)c1. The average Bonchev–Trinajstić information content (AvgIpc) is 2.58. The van der Waals surface area contributed by atoms with Gasteiger partial charge in [0.2, 0.25) is 0 Å². The van der Waals surface area contributed by atoms with Crippen LogP contribution in [0.25, 0.3) is 6.08 Å². The van der Waals surface area contributed by atoms with E-state index in [0.717, 1.165) is 4.90 Å². The van der Waals surface area contributed by atoms with Crippen LogP contribution in [-0.4, -0.2) is 22.0 Å². The largest absolute Gasteiger partial charge is 0.505 e. The van der Waals surface area contributed by atoms with Crippen LogP contribution in [0.1, 0.15) is 5.56 Å². The number of hydrogen-bond donors (Lipinski definition) is 2. The molecule has 1 fully saturated rings. The summed E-state index contributed by atoms with van der Waals surface area (Å²) in [6.45, 7) is 0. The van der Waals surface area contributed by atoms with Gasteiger partial charge in [-0.1, -0.05) is 11.6 Å². The number of carbonyl (C=O) groups excluding carboxylic acids is 2. The van der Waals surface area contributed by atoms with Crippen molar-refractivity contribution in [2.45, 2.75) is 0 Å². The summed E-state index contributed by atoms with van der Waals surface area (Å²) < 4.78 is 13.4. The zero-order valence-electron chi connectivity index (χ0n) is 12.8. The first-order valence-electron chi connectivity index (χ1n) is 7.13. The number of phenolic OH excluding ortho intramolecular Hbond substituents is 1. The Hall–Kier alpha value is -2.29. The lowest BCUT2D eigenvalue weighted by molar-refractivity contribution is -0.122. The number of nitrogens with one attached hydrogen (secondary N) is 1. The van der Waals surface area contributed by atoms with Crippen LogP contribution in [-0.2, 0) is 9.59 Å². The molecular weight excluding hydrogens is 447 g/mol. The lowest BCUT2D eigenvalue weighted by Crippen LogP contribution is -2.54. The van der Waals surface area contributed by atoms with E-state index in [9.17, 15) is 19.1 Å². The Morgan fingerprint density at radius 1 is 1.23 bits per heavy atom. The van der Waals surface area contributed by atoms with Gasteiger partial charge in [-0.3, -0.25) is 19.8 Å². The molecule has 2 aromatic rings.